The Morgan fingerprint density at radius 1 is 1.25 bits per heavy atom. The minimum Gasteiger partial charge on any atom is -0.444 e. The summed E-state index contributed by atoms with van der Waals surface area (Å²) in [6.07, 6.45) is 3.40. The average molecular weight is 394 g/mol. The maximum atomic E-state index is 11.9. The molecule has 8 heteroatoms. The van der Waals surface area contributed by atoms with Gasteiger partial charge in [-0.3, -0.25) is 4.99 Å². The highest BCUT2D eigenvalue weighted by Gasteiger charge is 2.25. The minimum atomic E-state index is -0.472. The first-order valence-electron chi connectivity index (χ1n) is 10.1. The zero-order chi connectivity index (χ0) is 20.7. The monoisotopic (exact) mass is 393 g/mol. The first-order chi connectivity index (χ1) is 13.2. The van der Waals surface area contributed by atoms with Crippen molar-refractivity contribution < 1.29 is 14.1 Å². The van der Waals surface area contributed by atoms with Gasteiger partial charge in [0.2, 0.25) is 0 Å². The van der Waals surface area contributed by atoms with Gasteiger partial charge in [-0.2, -0.15) is 0 Å². The first-order valence-corrected chi connectivity index (χ1v) is 10.1. The molecule has 8 nitrogen and oxygen atoms in total. The van der Waals surface area contributed by atoms with Gasteiger partial charge in [-0.1, -0.05) is 19.0 Å². The largest absolute Gasteiger partial charge is 0.444 e. The van der Waals surface area contributed by atoms with Crippen LogP contribution in [0.2, 0.25) is 0 Å². The molecule has 158 valence electrons. The molecule has 0 spiro atoms. The molecule has 1 heterocycles. The van der Waals surface area contributed by atoms with Gasteiger partial charge in [-0.15, -0.1) is 0 Å². The van der Waals surface area contributed by atoms with E-state index in [1.165, 1.54) is 0 Å². The van der Waals surface area contributed by atoms with Crippen molar-refractivity contribution in [3.05, 3.63) is 17.5 Å². The van der Waals surface area contributed by atoms with E-state index in [9.17, 15) is 4.79 Å². The van der Waals surface area contributed by atoms with Gasteiger partial charge in [0.05, 0.1) is 12.2 Å². The molecule has 1 aliphatic rings. The molecule has 1 amide bonds. The smallest absolute Gasteiger partial charge is 0.407 e. The van der Waals surface area contributed by atoms with Crippen LogP contribution >= 0.6 is 0 Å². The fourth-order valence-electron chi connectivity index (χ4n) is 3.10. The number of alkyl carbamates (subject to hydrolysis) is 1. The summed E-state index contributed by atoms with van der Waals surface area (Å²) in [6, 6.07) is 2.45. The molecule has 0 unspecified atom stereocenters. The number of nitrogens with one attached hydrogen (secondary N) is 3. The highest BCUT2D eigenvalue weighted by atomic mass is 16.6. The van der Waals surface area contributed by atoms with E-state index < -0.39 is 5.60 Å². The van der Waals surface area contributed by atoms with Crippen LogP contribution in [0.25, 0.3) is 0 Å². The molecular weight excluding hydrogens is 358 g/mol. The Bertz CT molecular complexity index is 655. The standard InChI is InChI=1S/C20H35N5O3/c1-13(2)17-11-16(28-25-17)12-22-18(21-6)23-14-7-9-15(10-8-14)24-19(26)27-20(3,4)5/h11,13-15H,7-10,12H2,1-6H3,(H,24,26)(H2,21,22,23). The van der Waals surface area contributed by atoms with Crippen LogP contribution in [-0.2, 0) is 11.3 Å². The molecule has 0 aromatic carbocycles. The molecule has 0 radical (unpaired) electrons. The lowest BCUT2D eigenvalue weighted by Gasteiger charge is -2.31. The average Bonchev–Trinajstić information content (AvgIpc) is 3.07. The van der Waals surface area contributed by atoms with E-state index in [2.05, 4.69) is 39.9 Å². The van der Waals surface area contributed by atoms with Crippen LogP contribution in [0.5, 0.6) is 0 Å². The number of ether oxygens (including phenoxy) is 1. The molecule has 1 saturated carbocycles. The van der Waals surface area contributed by atoms with Gasteiger partial charge in [0, 0.05) is 25.2 Å². The van der Waals surface area contributed by atoms with Crippen LogP contribution < -0.4 is 16.0 Å². The number of nitrogens with zero attached hydrogens (tertiary/aromatic N) is 2. The van der Waals surface area contributed by atoms with E-state index in [0.717, 1.165) is 43.1 Å². The Labute approximate surface area is 167 Å². The Balaban J connectivity index is 1.72. The molecule has 0 aliphatic heterocycles. The summed E-state index contributed by atoms with van der Waals surface area (Å²) in [5, 5.41) is 13.8. The number of amides is 1. The normalized spacial score (nSPS) is 20.8. The van der Waals surface area contributed by atoms with Crippen LogP contribution in [0.1, 0.15) is 77.7 Å². The van der Waals surface area contributed by atoms with Gasteiger partial charge in [-0.25, -0.2) is 4.79 Å². The van der Waals surface area contributed by atoms with Crippen LogP contribution in [0, 0.1) is 0 Å². The molecule has 1 aliphatic carbocycles. The molecule has 0 saturated heterocycles. The quantitative estimate of drug-likeness (QED) is 0.524. The summed E-state index contributed by atoms with van der Waals surface area (Å²) < 4.78 is 10.7. The number of hydrogen-bond donors (Lipinski definition) is 3. The van der Waals surface area contributed by atoms with E-state index in [0.29, 0.717) is 18.5 Å². The van der Waals surface area contributed by atoms with E-state index in [-0.39, 0.29) is 12.1 Å². The zero-order valence-electron chi connectivity index (χ0n) is 18.0. The van der Waals surface area contributed by atoms with Crippen molar-refractivity contribution in [2.24, 2.45) is 4.99 Å². The van der Waals surface area contributed by atoms with Crippen molar-refractivity contribution in [3.8, 4) is 0 Å². The molecule has 1 aromatic heterocycles. The Kier molecular flexibility index (Phi) is 7.71. The van der Waals surface area contributed by atoms with E-state index in [1.807, 2.05) is 26.8 Å². The number of hydrogen-bond acceptors (Lipinski definition) is 5. The Morgan fingerprint density at radius 3 is 2.36 bits per heavy atom. The van der Waals surface area contributed by atoms with Gasteiger partial charge in [0.1, 0.15) is 5.60 Å². The number of rotatable bonds is 5. The number of carbonyl (C=O) groups excluding carboxylic acids is 1. The van der Waals surface area contributed by atoms with Gasteiger partial charge in [0.15, 0.2) is 11.7 Å². The lowest BCUT2D eigenvalue weighted by molar-refractivity contribution is 0.0490. The van der Waals surface area contributed by atoms with Crippen molar-refractivity contribution in [1.29, 1.82) is 0 Å². The minimum absolute atomic E-state index is 0.159. The Morgan fingerprint density at radius 2 is 1.86 bits per heavy atom. The number of aliphatic imine (C=N–C) groups is 1. The van der Waals surface area contributed by atoms with Crippen molar-refractivity contribution in [2.45, 2.75) is 90.4 Å². The van der Waals surface area contributed by atoms with Gasteiger partial charge in [0.25, 0.3) is 0 Å². The second-order valence-electron chi connectivity index (χ2n) is 8.64. The van der Waals surface area contributed by atoms with Crippen molar-refractivity contribution in [3.63, 3.8) is 0 Å². The molecule has 1 fully saturated rings. The summed E-state index contributed by atoms with van der Waals surface area (Å²) >= 11 is 0. The van der Waals surface area contributed by atoms with E-state index in [4.69, 9.17) is 9.26 Å². The van der Waals surface area contributed by atoms with Gasteiger partial charge >= 0.3 is 6.09 Å². The summed E-state index contributed by atoms with van der Waals surface area (Å²) in [4.78, 5) is 16.2. The molecule has 28 heavy (non-hydrogen) atoms. The number of aromatic nitrogens is 1. The second kappa shape index (κ2) is 9.80. The summed E-state index contributed by atoms with van der Waals surface area (Å²) in [5.74, 6) is 1.88. The number of carbonyl (C=O) groups is 1. The van der Waals surface area contributed by atoms with Crippen LogP contribution in [0.4, 0.5) is 4.79 Å². The summed E-state index contributed by atoms with van der Waals surface area (Å²) in [6.45, 7) is 10.3. The third-order valence-electron chi connectivity index (χ3n) is 4.61. The molecule has 0 bridgehead atoms. The molecule has 1 aromatic rings. The van der Waals surface area contributed by atoms with Gasteiger partial charge in [-0.05, 0) is 52.4 Å². The third kappa shape index (κ3) is 7.40. The van der Waals surface area contributed by atoms with Crippen molar-refractivity contribution in [1.82, 2.24) is 21.1 Å². The molecule has 0 atom stereocenters. The molecular formula is C20H35N5O3. The predicted molar refractivity (Wildman–Crippen MR) is 109 cm³/mol. The third-order valence-corrected chi connectivity index (χ3v) is 4.61. The van der Waals surface area contributed by atoms with Crippen LogP contribution in [-0.4, -0.2) is 41.9 Å². The molecule has 2 rings (SSSR count). The van der Waals surface area contributed by atoms with Crippen molar-refractivity contribution in [2.75, 3.05) is 7.05 Å². The van der Waals surface area contributed by atoms with Gasteiger partial charge < -0.3 is 25.2 Å². The fourth-order valence-corrected chi connectivity index (χ4v) is 3.10. The zero-order valence-corrected chi connectivity index (χ0v) is 18.0. The van der Waals surface area contributed by atoms with E-state index >= 15 is 0 Å². The SMILES string of the molecule is CN=C(NCc1cc(C(C)C)no1)NC1CCC(NC(=O)OC(C)(C)C)CC1. The maximum Gasteiger partial charge on any atom is 0.407 e. The fraction of sp³-hybridized carbons (Fsp3) is 0.750. The lowest BCUT2D eigenvalue weighted by atomic mass is 9.91. The topological polar surface area (TPSA) is 101 Å². The maximum absolute atomic E-state index is 11.9. The summed E-state index contributed by atoms with van der Waals surface area (Å²) in [5.41, 5.74) is 0.482. The lowest BCUT2D eigenvalue weighted by Crippen LogP contribution is -2.47. The summed E-state index contributed by atoms with van der Waals surface area (Å²) in [7, 11) is 1.75. The highest BCUT2D eigenvalue weighted by molar-refractivity contribution is 5.79. The second-order valence-corrected chi connectivity index (χ2v) is 8.64. The number of guanidine groups is 1. The molecule has 3 N–H and O–H groups in total. The highest BCUT2D eigenvalue weighted by Crippen LogP contribution is 2.19. The Hall–Kier alpha value is -2.25. The van der Waals surface area contributed by atoms with Crippen molar-refractivity contribution >= 4 is 12.1 Å². The predicted octanol–water partition coefficient (Wildman–Crippen LogP) is 3.30. The first kappa shape index (κ1) is 22.0. The van der Waals surface area contributed by atoms with Crippen LogP contribution in [0.3, 0.4) is 0 Å². The van der Waals surface area contributed by atoms with E-state index in [1.54, 1.807) is 7.05 Å². The van der Waals surface area contributed by atoms with Crippen LogP contribution in [0.15, 0.2) is 15.6 Å².